The Kier molecular flexibility index (Phi) is 10.1. The summed E-state index contributed by atoms with van der Waals surface area (Å²) in [6, 6.07) is 21.6. The topological polar surface area (TPSA) is 110 Å². The van der Waals surface area contributed by atoms with Crippen molar-refractivity contribution in [3.63, 3.8) is 0 Å². The summed E-state index contributed by atoms with van der Waals surface area (Å²) in [5.74, 6) is -3.58. The second-order valence-electron chi connectivity index (χ2n) is 7.24. The molecule has 8 heteroatoms. The van der Waals surface area contributed by atoms with Crippen LogP contribution in [0.5, 0.6) is 0 Å². The molecule has 1 saturated heterocycles. The Labute approximate surface area is 187 Å². The molecule has 0 bridgehead atoms. The van der Waals surface area contributed by atoms with E-state index in [1.54, 1.807) is 6.08 Å². The highest BCUT2D eigenvalue weighted by Gasteiger charge is 2.26. The molecule has 0 radical (unpaired) electrons. The van der Waals surface area contributed by atoms with E-state index < -0.39 is 11.9 Å². The third kappa shape index (κ3) is 7.98. The minimum atomic E-state index is -1.82. The summed E-state index contributed by atoms with van der Waals surface area (Å²) in [7, 11) is 0. The molecule has 0 spiro atoms. The summed E-state index contributed by atoms with van der Waals surface area (Å²) < 4.78 is 0. The molecule has 0 aliphatic carbocycles. The van der Waals surface area contributed by atoms with Gasteiger partial charge in [0, 0.05) is 32.7 Å². The normalized spacial score (nSPS) is 14.2. The van der Waals surface area contributed by atoms with Crippen LogP contribution in [0.2, 0.25) is 0 Å². The third-order valence-electron chi connectivity index (χ3n) is 5.00. The Morgan fingerprint density at radius 2 is 1.34 bits per heavy atom. The van der Waals surface area contributed by atoms with Crippen molar-refractivity contribution in [2.45, 2.75) is 6.04 Å². The summed E-state index contributed by atoms with van der Waals surface area (Å²) in [5.41, 5.74) is 2.63. The zero-order valence-corrected chi connectivity index (χ0v) is 17.9. The number of hydrogen-bond acceptors (Lipinski definition) is 5. The van der Waals surface area contributed by atoms with Crippen molar-refractivity contribution < 1.29 is 24.6 Å². The van der Waals surface area contributed by atoms with Gasteiger partial charge in [-0.3, -0.25) is 14.6 Å². The number of carboxylic acids is 2. The van der Waals surface area contributed by atoms with Gasteiger partial charge in [0.05, 0.1) is 12.6 Å². The van der Waals surface area contributed by atoms with Crippen LogP contribution in [0.3, 0.4) is 0 Å². The number of aliphatic carboxylic acids is 2. The molecule has 0 saturated carbocycles. The number of carbonyl (C=O) groups is 3. The minimum absolute atomic E-state index is 0.0704. The smallest absolute Gasteiger partial charge is 0.414 e. The van der Waals surface area contributed by atoms with Crippen molar-refractivity contribution in [1.29, 1.82) is 0 Å². The Hall–Kier alpha value is -3.49. The number of benzene rings is 2. The maximum absolute atomic E-state index is 11.9. The van der Waals surface area contributed by atoms with Gasteiger partial charge in [0.1, 0.15) is 0 Å². The highest BCUT2D eigenvalue weighted by Crippen LogP contribution is 2.29. The van der Waals surface area contributed by atoms with Crippen LogP contribution < -0.4 is 5.32 Å². The van der Waals surface area contributed by atoms with Gasteiger partial charge in [0.25, 0.3) is 0 Å². The predicted octanol–water partition coefficient (Wildman–Crippen LogP) is 1.85. The third-order valence-corrected chi connectivity index (χ3v) is 5.00. The monoisotopic (exact) mass is 439 g/mol. The molecule has 0 aromatic heterocycles. The molecule has 3 N–H and O–H groups in total. The Morgan fingerprint density at radius 1 is 0.875 bits per heavy atom. The zero-order chi connectivity index (χ0) is 23.3. The lowest BCUT2D eigenvalue weighted by Gasteiger charge is -2.39. The molecule has 2 aromatic rings. The number of carbonyl (C=O) groups excluding carboxylic acids is 1. The van der Waals surface area contributed by atoms with E-state index in [0.717, 1.165) is 26.2 Å². The number of rotatable bonds is 7. The highest BCUT2D eigenvalue weighted by molar-refractivity contribution is 6.27. The molecule has 0 unspecified atom stereocenters. The summed E-state index contributed by atoms with van der Waals surface area (Å²) in [6.07, 6.45) is 1.71. The molecule has 0 atom stereocenters. The molecule has 1 aliphatic rings. The average Bonchev–Trinajstić information content (AvgIpc) is 2.81. The minimum Gasteiger partial charge on any atom is -0.473 e. The second-order valence-corrected chi connectivity index (χ2v) is 7.24. The Balaban J connectivity index is 0.000000534. The van der Waals surface area contributed by atoms with E-state index in [9.17, 15) is 4.79 Å². The molecular formula is C24H29N3O5. The van der Waals surface area contributed by atoms with E-state index in [0.29, 0.717) is 13.1 Å². The van der Waals surface area contributed by atoms with Gasteiger partial charge in [-0.1, -0.05) is 66.7 Å². The number of piperazine rings is 1. The summed E-state index contributed by atoms with van der Waals surface area (Å²) >= 11 is 0. The Morgan fingerprint density at radius 3 is 1.75 bits per heavy atom. The summed E-state index contributed by atoms with van der Waals surface area (Å²) in [5, 5.41) is 17.6. The number of nitrogens with one attached hydrogen (secondary N) is 1. The Bertz CT molecular complexity index is 830. The molecule has 170 valence electrons. The fraction of sp³-hybridized carbons (Fsp3) is 0.292. The first-order valence-corrected chi connectivity index (χ1v) is 10.3. The van der Waals surface area contributed by atoms with Crippen molar-refractivity contribution in [1.82, 2.24) is 15.1 Å². The fourth-order valence-corrected chi connectivity index (χ4v) is 3.51. The number of nitrogens with zero attached hydrogens (tertiary/aromatic N) is 2. The van der Waals surface area contributed by atoms with E-state index in [2.05, 4.69) is 82.4 Å². The number of hydrogen-bond donors (Lipinski definition) is 3. The van der Waals surface area contributed by atoms with Crippen LogP contribution in [0.1, 0.15) is 17.2 Å². The lowest BCUT2D eigenvalue weighted by atomic mass is 9.96. The van der Waals surface area contributed by atoms with Gasteiger partial charge in [-0.15, -0.1) is 6.58 Å². The van der Waals surface area contributed by atoms with Crippen LogP contribution in [0, 0.1) is 0 Å². The van der Waals surface area contributed by atoms with E-state index >= 15 is 0 Å². The van der Waals surface area contributed by atoms with Crippen molar-refractivity contribution in [2.24, 2.45) is 0 Å². The van der Waals surface area contributed by atoms with Gasteiger partial charge >= 0.3 is 11.9 Å². The molecular weight excluding hydrogens is 410 g/mol. The van der Waals surface area contributed by atoms with Crippen LogP contribution >= 0.6 is 0 Å². The molecule has 3 rings (SSSR count). The van der Waals surface area contributed by atoms with Crippen molar-refractivity contribution in [3.8, 4) is 0 Å². The van der Waals surface area contributed by atoms with Crippen molar-refractivity contribution >= 4 is 17.8 Å². The lowest BCUT2D eigenvalue weighted by Crippen LogP contribution is -2.50. The predicted molar refractivity (Wildman–Crippen MR) is 121 cm³/mol. The summed E-state index contributed by atoms with van der Waals surface area (Å²) in [4.78, 5) is 34.9. The first-order chi connectivity index (χ1) is 15.4. The van der Waals surface area contributed by atoms with Crippen LogP contribution in [0.25, 0.3) is 0 Å². The molecule has 1 amide bonds. The van der Waals surface area contributed by atoms with Gasteiger partial charge in [-0.2, -0.15) is 0 Å². The van der Waals surface area contributed by atoms with E-state index in [1.165, 1.54) is 11.1 Å². The highest BCUT2D eigenvalue weighted by atomic mass is 16.4. The SMILES string of the molecule is C=CCNC(=O)CN1CCN(C(c2ccccc2)c2ccccc2)CC1.O=C(O)C(=O)O. The first-order valence-electron chi connectivity index (χ1n) is 10.3. The molecule has 2 aromatic carbocycles. The number of amides is 1. The van der Waals surface area contributed by atoms with Crippen LogP contribution in [0.15, 0.2) is 73.3 Å². The van der Waals surface area contributed by atoms with Gasteiger partial charge in [0.15, 0.2) is 0 Å². The van der Waals surface area contributed by atoms with Crippen LogP contribution in [0.4, 0.5) is 0 Å². The van der Waals surface area contributed by atoms with Crippen molar-refractivity contribution in [3.05, 3.63) is 84.4 Å². The van der Waals surface area contributed by atoms with Gasteiger partial charge < -0.3 is 15.5 Å². The van der Waals surface area contributed by atoms with E-state index in [4.69, 9.17) is 19.8 Å². The average molecular weight is 440 g/mol. The zero-order valence-electron chi connectivity index (χ0n) is 17.9. The quantitative estimate of drug-likeness (QED) is 0.446. The largest absolute Gasteiger partial charge is 0.473 e. The van der Waals surface area contributed by atoms with E-state index in [-0.39, 0.29) is 11.9 Å². The fourth-order valence-electron chi connectivity index (χ4n) is 3.51. The molecule has 1 heterocycles. The second kappa shape index (κ2) is 13.0. The standard InChI is InChI=1S/C22H27N3O.C2H2O4/c1-2-13-23-21(26)18-24-14-16-25(17-15-24)22(19-9-5-3-6-10-19)20-11-7-4-8-12-20;3-1(4)2(5)6/h2-12,22H,1,13-18H2,(H,23,26);(H,3,4)(H,5,6). The maximum Gasteiger partial charge on any atom is 0.414 e. The van der Waals surface area contributed by atoms with Gasteiger partial charge in [-0.25, -0.2) is 9.59 Å². The maximum atomic E-state index is 11.9. The lowest BCUT2D eigenvalue weighted by molar-refractivity contribution is -0.159. The summed E-state index contributed by atoms with van der Waals surface area (Å²) in [6.45, 7) is 8.32. The molecule has 1 fully saturated rings. The molecule has 8 nitrogen and oxygen atoms in total. The van der Waals surface area contributed by atoms with Gasteiger partial charge in [-0.05, 0) is 11.1 Å². The van der Waals surface area contributed by atoms with Gasteiger partial charge in [0.2, 0.25) is 5.91 Å². The molecule has 1 aliphatic heterocycles. The molecule has 32 heavy (non-hydrogen) atoms. The van der Waals surface area contributed by atoms with E-state index in [1.807, 2.05) is 0 Å². The van der Waals surface area contributed by atoms with Crippen molar-refractivity contribution in [2.75, 3.05) is 39.3 Å². The van der Waals surface area contributed by atoms with Crippen LogP contribution in [-0.2, 0) is 14.4 Å². The van der Waals surface area contributed by atoms with Crippen LogP contribution in [-0.4, -0.2) is 77.1 Å². The first kappa shape index (κ1) is 24.8. The number of carboxylic acid groups (broad SMARTS) is 2.